The van der Waals surface area contributed by atoms with Gasteiger partial charge in [0.25, 0.3) is 0 Å². The lowest BCUT2D eigenvalue weighted by atomic mass is 9.96. The van der Waals surface area contributed by atoms with E-state index in [1.165, 1.54) is 6.07 Å². The monoisotopic (exact) mass is 274 g/mol. The summed E-state index contributed by atoms with van der Waals surface area (Å²) in [6.07, 6.45) is 0.883. The summed E-state index contributed by atoms with van der Waals surface area (Å²) in [5.41, 5.74) is 0.379. The van der Waals surface area contributed by atoms with Crippen molar-refractivity contribution in [3.63, 3.8) is 0 Å². The fourth-order valence-electron chi connectivity index (χ4n) is 1.44. The van der Waals surface area contributed by atoms with E-state index in [-0.39, 0.29) is 5.82 Å². The molecule has 0 aromatic heterocycles. The third-order valence-corrected chi connectivity index (χ3v) is 3.13. The Bertz CT molecular complexity index is 327. The van der Waals surface area contributed by atoms with Gasteiger partial charge in [-0.3, -0.25) is 0 Å². The molecular formula is C12H16BrFO. The first-order chi connectivity index (χ1) is 7.04. The highest BCUT2D eigenvalue weighted by Gasteiger charge is 2.15. The minimum Gasteiger partial charge on any atom is -0.388 e. The van der Waals surface area contributed by atoms with Gasteiger partial charge in [-0.05, 0) is 30.5 Å². The summed E-state index contributed by atoms with van der Waals surface area (Å²) < 4.78 is 14.2. The van der Waals surface area contributed by atoms with Crippen LogP contribution in [0.25, 0.3) is 0 Å². The molecule has 0 heterocycles. The van der Waals surface area contributed by atoms with Crippen LogP contribution in [0.5, 0.6) is 0 Å². The Labute approximate surface area is 98.4 Å². The van der Waals surface area contributed by atoms with Gasteiger partial charge < -0.3 is 5.11 Å². The lowest BCUT2D eigenvalue weighted by Crippen LogP contribution is -2.05. The van der Waals surface area contributed by atoms with Crippen molar-refractivity contribution in [3.8, 4) is 0 Å². The van der Waals surface area contributed by atoms with Crippen LogP contribution in [0.1, 0.15) is 38.4 Å². The van der Waals surface area contributed by atoms with E-state index in [1.54, 1.807) is 12.1 Å². The predicted molar refractivity (Wildman–Crippen MR) is 63.1 cm³/mol. The van der Waals surface area contributed by atoms with Crippen molar-refractivity contribution >= 4 is 15.9 Å². The topological polar surface area (TPSA) is 20.2 Å². The maximum Gasteiger partial charge on any atom is 0.129 e. The van der Waals surface area contributed by atoms with E-state index in [9.17, 15) is 9.50 Å². The number of hydrogen-bond donors (Lipinski definition) is 1. The standard InChI is InChI=1S/C12H16BrFO/c1-3-8(2)6-12(15)10-7-9(13)4-5-11(10)14/h4-5,7-8,12,15H,3,6H2,1-2H3. The number of halogens is 2. The zero-order chi connectivity index (χ0) is 11.4. The molecule has 0 aliphatic carbocycles. The lowest BCUT2D eigenvalue weighted by Gasteiger charge is -2.16. The summed E-state index contributed by atoms with van der Waals surface area (Å²) in [6.45, 7) is 4.12. The van der Waals surface area contributed by atoms with Crippen LogP contribution in [0.3, 0.4) is 0 Å². The SMILES string of the molecule is CCC(C)CC(O)c1cc(Br)ccc1F. The molecular weight excluding hydrogens is 259 g/mol. The summed E-state index contributed by atoms with van der Waals surface area (Å²) in [7, 11) is 0. The second kappa shape index (κ2) is 5.61. The van der Waals surface area contributed by atoms with Gasteiger partial charge in [0.15, 0.2) is 0 Å². The molecule has 0 bridgehead atoms. The van der Waals surface area contributed by atoms with Crippen LogP contribution in [-0.4, -0.2) is 5.11 Å². The molecule has 0 spiro atoms. The fraction of sp³-hybridized carbons (Fsp3) is 0.500. The first-order valence-electron chi connectivity index (χ1n) is 5.17. The minimum absolute atomic E-state index is 0.339. The molecule has 1 aromatic carbocycles. The van der Waals surface area contributed by atoms with Gasteiger partial charge in [0, 0.05) is 10.0 Å². The van der Waals surface area contributed by atoms with Gasteiger partial charge in [0.2, 0.25) is 0 Å². The normalized spacial score (nSPS) is 15.0. The number of rotatable bonds is 4. The second-order valence-electron chi connectivity index (χ2n) is 3.93. The molecule has 84 valence electrons. The van der Waals surface area contributed by atoms with E-state index in [2.05, 4.69) is 29.8 Å². The van der Waals surface area contributed by atoms with Gasteiger partial charge in [0.1, 0.15) is 5.82 Å². The van der Waals surface area contributed by atoms with Crippen LogP contribution in [-0.2, 0) is 0 Å². The summed E-state index contributed by atoms with van der Waals surface area (Å²) in [5, 5.41) is 9.87. The van der Waals surface area contributed by atoms with Gasteiger partial charge in [-0.1, -0.05) is 36.2 Å². The van der Waals surface area contributed by atoms with Gasteiger partial charge in [-0.2, -0.15) is 0 Å². The zero-order valence-electron chi connectivity index (χ0n) is 9.00. The molecule has 0 aliphatic heterocycles. The molecule has 0 amide bonds. The van der Waals surface area contributed by atoms with E-state index in [4.69, 9.17) is 0 Å². The van der Waals surface area contributed by atoms with E-state index in [0.29, 0.717) is 17.9 Å². The largest absolute Gasteiger partial charge is 0.388 e. The van der Waals surface area contributed by atoms with Crippen molar-refractivity contribution < 1.29 is 9.50 Å². The van der Waals surface area contributed by atoms with Crippen LogP contribution in [0.15, 0.2) is 22.7 Å². The molecule has 15 heavy (non-hydrogen) atoms. The Balaban J connectivity index is 2.80. The number of aliphatic hydroxyl groups excluding tert-OH is 1. The molecule has 1 N–H and O–H groups in total. The van der Waals surface area contributed by atoms with Crippen LogP contribution in [0.4, 0.5) is 4.39 Å². The van der Waals surface area contributed by atoms with Crippen molar-refractivity contribution in [2.45, 2.75) is 32.8 Å². The van der Waals surface area contributed by atoms with Crippen molar-refractivity contribution in [3.05, 3.63) is 34.1 Å². The Kier molecular flexibility index (Phi) is 4.74. The molecule has 0 aliphatic rings. The number of aliphatic hydroxyl groups is 1. The molecule has 1 aromatic rings. The highest BCUT2D eigenvalue weighted by atomic mass is 79.9. The van der Waals surface area contributed by atoms with E-state index >= 15 is 0 Å². The van der Waals surface area contributed by atoms with Gasteiger partial charge in [0.05, 0.1) is 6.10 Å². The Morgan fingerprint density at radius 2 is 2.13 bits per heavy atom. The second-order valence-corrected chi connectivity index (χ2v) is 4.85. The maximum absolute atomic E-state index is 13.4. The molecule has 1 nitrogen and oxygen atoms in total. The summed E-state index contributed by atoms with van der Waals surface area (Å²) in [4.78, 5) is 0. The van der Waals surface area contributed by atoms with E-state index in [1.807, 2.05) is 0 Å². The van der Waals surface area contributed by atoms with Gasteiger partial charge in [-0.25, -0.2) is 4.39 Å². The van der Waals surface area contributed by atoms with Crippen molar-refractivity contribution in [1.82, 2.24) is 0 Å². The minimum atomic E-state index is -0.711. The molecule has 2 atom stereocenters. The first-order valence-corrected chi connectivity index (χ1v) is 5.97. The van der Waals surface area contributed by atoms with Crippen molar-refractivity contribution in [1.29, 1.82) is 0 Å². The molecule has 3 heteroatoms. The fourth-order valence-corrected chi connectivity index (χ4v) is 1.82. The summed E-state index contributed by atoms with van der Waals surface area (Å²) in [5.74, 6) is 0.0624. The third kappa shape index (κ3) is 3.58. The van der Waals surface area contributed by atoms with Gasteiger partial charge in [-0.15, -0.1) is 0 Å². The van der Waals surface area contributed by atoms with E-state index in [0.717, 1.165) is 10.9 Å². The third-order valence-electron chi connectivity index (χ3n) is 2.64. The van der Waals surface area contributed by atoms with Crippen LogP contribution < -0.4 is 0 Å². The Morgan fingerprint density at radius 1 is 1.47 bits per heavy atom. The number of benzene rings is 1. The quantitative estimate of drug-likeness (QED) is 0.878. The van der Waals surface area contributed by atoms with Crippen LogP contribution in [0, 0.1) is 11.7 Å². The molecule has 0 saturated heterocycles. The molecule has 0 saturated carbocycles. The Hall–Kier alpha value is -0.410. The molecule has 2 unspecified atom stereocenters. The van der Waals surface area contributed by atoms with Crippen LogP contribution in [0.2, 0.25) is 0 Å². The smallest absolute Gasteiger partial charge is 0.129 e. The zero-order valence-corrected chi connectivity index (χ0v) is 10.6. The van der Waals surface area contributed by atoms with Gasteiger partial charge >= 0.3 is 0 Å². The predicted octanol–water partition coefficient (Wildman–Crippen LogP) is 4.06. The number of hydrogen-bond acceptors (Lipinski definition) is 1. The van der Waals surface area contributed by atoms with Crippen molar-refractivity contribution in [2.75, 3.05) is 0 Å². The highest BCUT2D eigenvalue weighted by Crippen LogP contribution is 2.27. The summed E-state index contributed by atoms with van der Waals surface area (Å²) in [6, 6.07) is 4.65. The molecule has 0 fully saturated rings. The highest BCUT2D eigenvalue weighted by molar-refractivity contribution is 9.10. The van der Waals surface area contributed by atoms with Crippen molar-refractivity contribution in [2.24, 2.45) is 5.92 Å². The van der Waals surface area contributed by atoms with E-state index < -0.39 is 6.10 Å². The average Bonchev–Trinajstić information content (AvgIpc) is 2.21. The summed E-state index contributed by atoms with van der Waals surface area (Å²) >= 11 is 3.27. The van der Waals surface area contributed by atoms with Crippen LogP contribution >= 0.6 is 15.9 Å². The maximum atomic E-state index is 13.4. The Morgan fingerprint density at radius 3 is 2.73 bits per heavy atom. The molecule has 1 rings (SSSR count). The lowest BCUT2D eigenvalue weighted by molar-refractivity contribution is 0.142. The first kappa shape index (κ1) is 12.7. The molecule has 0 radical (unpaired) electrons. The average molecular weight is 275 g/mol.